The summed E-state index contributed by atoms with van der Waals surface area (Å²) in [7, 11) is 0. The van der Waals surface area contributed by atoms with Gasteiger partial charge >= 0.3 is 5.97 Å². The second kappa shape index (κ2) is 4.24. The number of aliphatic carboxylic acids is 1. The maximum absolute atomic E-state index is 10.6. The van der Waals surface area contributed by atoms with Crippen molar-refractivity contribution in [2.24, 2.45) is 5.92 Å². The number of hydrogen-bond acceptors (Lipinski definition) is 3. The lowest BCUT2D eigenvalue weighted by Crippen LogP contribution is -2.40. The zero-order valence-corrected chi connectivity index (χ0v) is 7.73. The van der Waals surface area contributed by atoms with Crippen LogP contribution in [0.4, 0.5) is 0 Å². The molecule has 0 aromatic rings. The van der Waals surface area contributed by atoms with Crippen molar-refractivity contribution >= 4 is 5.97 Å². The van der Waals surface area contributed by atoms with Gasteiger partial charge in [0, 0.05) is 13.1 Å². The molecule has 1 saturated heterocycles. The normalized spacial score (nSPS) is 22.2. The Labute approximate surface area is 77.8 Å². The molecule has 0 amide bonds. The van der Waals surface area contributed by atoms with Crippen LogP contribution in [-0.4, -0.2) is 35.1 Å². The van der Waals surface area contributed by atoms with Crippen LogP contribution in [0, 0.1) is 17.2 Å². The molecule has 0 spiro atoms. The van der Waals surface area contributed by atoms with Crippen LogP contribution < -0.4 is 0 Å². The molecule has 0 bridgehead atoms. The van der Waals surface area contributed by atoms with Gasteiger partial charge in [0.1, 0.15) is 0 Å². The zero-order valence-electron chi connectivity index (χ0n) is 7.73. The second-order valence-corrected chi connectivity index (χ2v) is 3.45. The molecule has 0 radical (unpaired) electrons. The largest absolute Gasteiger partial charge is 0.481 e. The molecule has 1 fully saturated rings. The second-order valence-electron chi connectivity index (χ2n) is 3.45. The topological polar surface area (TPSA) is 64.3 Å². The average molecular weight is 182 g/mol. The minimum atomic E-state index is -0.704. The summed E-state index contributed by atoms with van der Waals surface area (Å²) in [6, 6.07) is 2.07. The molecule has 1 aliphatic heterocycles. The van der Waals surface area contributed by atoms with Crippen LogP contribution in [0.15, 0.2) is 0 Å². The van der Waals surface area contributed by atoms with E-state index < -0.39 is 5.97 Å². The van der Waals surface area contributed by atoms with Crippen molar-refractivity contribution in [3.63, 3.8) is 0 Å². The van der Waals surface area contributed by atoms with Gasteiger partial charge in [-0.05, 0) is 19.8 Å². The molecule has 0 aromatic carbocycles. The highest BCUT2D eigenvalue weighted by atomic mass is 16.4. The van der Waals surface area contributed by atoms with E-state index in [1.807, 2.05) is 11.8 Å². The van der Waals surface area contributed by atoms with Gasteiger partial charge in [-0.3, -0.25) is 9.69 Å². The lowest BCUT2D eigenvalue weighted by molar-refractivity contribution is -0.143. The van der Waals surface area contributed by atoms with Crippen molar-refractivity contribution in [1.29, 1.82) is 5.26 Å². The highest BCUT2D eigenvalue weighted by Crippen LogP contribution is 2.18. The number of carboxylic acid groups (broad SMARTS) is 1. The van der Waals surface area contributed by atoms with E-state index in [0.717, 1.165) is 13.1 Å². The number of hydrogen-bond donors (Lipinski definition) is 1. The lowest BCUT2D eigenvalue weighted by Gasteiger charge is -2.31. The van der Waals surface area contributed by atoms with Crippen molar-refractivity contribution in [2.45, 2.75) is 25.8 Å². The molecule has 13 heavy (non-hydrogen) atoms. The third-order valence-electron chi connectivity index (χ3n) is 2.61. The van der Waals surface area contributed by atoms with Crippen molar-refractivity contribution in [3.05, 3.63) is 0 Å². The smallest absolute Gasteiger partial charge is 0.306 e. The van der Waals surface area contributed by atoms with Crippen LogP contribution in [0.5, 0.6) is 0 Å². The molecule has 0 saturated carbocycles. The van der Waals surface area contributed by atoms with Gasteiger partial charge in [-0.2, -0.15) is 5.26 Å². The number of nitriles is 1. The summed E-state index contributed by atoms with van der Waals surface area (Å²) in [5.41, 5.74) is 0. The van der Waals surface area contributed by atoms with E-state index in [4.69, 9.17) is 10.4 Å². The van der Waals surface area contributed by atoms with Crippen molar-refractivity contribution in [2.75, 3.05) is 13.1 Å². The molecule has 72 valence electrons. The third kappa shape index (κ3) is 2.43. The van der Waals surface area contributed by atoms with Gasteiger partial charge in [-0.1, -0.05) is 0 Å². The fourth-order valence-electron chi connectivity index (χ4n) is 1.62. The van der Waals surface area contributed by atoms with Crippen LogP contribution in [0.25, 0.3) is 0 Å². The Balaban J connectivity index is 2.40. The summed E-state index contributed by atoms with van der Waals surface area (Å²) < 4.78 is 0. The van der Waals surface area contributed by atoms with E-state index in [1.165, 1.54) is 0 Å². The SMILES string of the molecule is CC(C#N)N1CCC(C(=O)O)CC1. The van der Waals surface area contributed by atoms with E-state index in [1.54, 1.807) is 0 Å². The van der Waals surface area contributed by atoms with Gasteiger partial charge in [0.05, 0.1) is 18.0 Å². The number of likely N-dealkylation sites (tertiary alicyclic amines) is 1. The molecule has 1 unspecified atom stereocenters. The Bertz CT molecular complexity index is 226. The molecule has 4 heteroatoms. The van der Waals surface area contributed by atoms with E-state index in [9.17, 15) is 4.79 Å². The molecule has 1 aliphatic rings. The number of carboxylic acids is 1. The Kier molecular flexibility index (Phi) is 3.26. The van der Waals surface area contributed by atoms with E-state index in [-0.39, 0.29) is 12.0 Å². The highest BCUT2D eigenvalue weighted by Gasteiger charge is 2.26. The highest BCUT2D eigenvalue weighted by molar-refractivity contribution is 5.70. The van der Waals surface area contributed by atoms with Crippen LogP contribution in [-0.2, 0) is 4.79 Å². The molecule has 1 heterocycles. The van der Waals surface area contributed by atoms with E-state index in [2.05, 4.69) is 6.07 Å². The van der Waals surface area contributed by atoms with Crippen molar-refractivity contribution < 1.29 is 9.90 Å². The lowest BCUT2D eigenvalue weighted by atomic mass is 9.96. The molecule has 0 aromatic heterocycles. The van der Waals surface area contributed by atoms with Gasteiger partial charge in [-0.25, -0.2) is 0 Å². The zero-order chi connectivity index (χ0) is 9.84. The summed E-state index contributed by atoms with van der Waals surface area (Å²) in [5, 5.41) is 17.4. The maximum Gasteiger partial charge on any atom is 0.306 e. The Morgan fingerprint density at radius 2 is 2.15 bits per heavy atom. The predicted molar refractivity (Wildman–Crippen MR) is 47.0 cm³/mol. The van der Waals surface area contributed by atoms with E-state index >= 15 is 0 Å². The van der Waals surface area contributed by atoms with Gasteiger partial charge < -0.3 is 5.11 Å². The number of nitrogens with zero attached hydrogens (tertiary/aromatic N) is 2. The van der Waals surface area contributed by atoms with Crippen LogP contribution in [0.3, 0.4) is 0 Å². The fraction of sp³-hybridized carbons (Fsp3) is 0.778. The minimum absolute atomic E-state index is 0.0882. The third-order valence-corrected chi connectivity index (χ3v) is 2.61. The van der Waals surface area contributed by atoms with Crippen molar-refractivity contribution in [3.8, 4) is 6.07 Å². The number of carbonyl (C=O) groups is 1. The van der Waals surface area contributed by atoms with Crippen molar-refractivity contribution in [1.82, 2.24) is 4.90 Å². The summed E-state index contributed by atoms with van der Waals surface area (Å²) in [4.78, 5) is 12.6. The van der Waals surface area contributed by atoms with Gasteiger partial charge in [0.15, 0.2) is 0 Å². The molecule has 1 N–H and O–H groups in total. The summed E-state index contributed by atoms with van der Waals surface area (Å²) in [6.45, 7) is 3.30. The van der Waals surface area contributed by atoms with Crippen LogP contribution in [0.2, 0.25) is 0 Å². The fourth-order valence-corrected chi connectivity index (χ4v) is 1.62. The van der Waals surface area contributed by atoms with E-state index in [0.29, 0.717) is 12.8 Å². The quantitative estimate of drug-likeness (QED) is 0.682. The number of piperidine rings is 1. The molecular formula is C9H14N2O2. The summed E-state index contributed by atoms with van der Waals surface area (Å²) >= 11 is 0. The monoisotopic (exact) mass is 182 g/mol. The molecule has 4 nitrogen and oxygen atoms in total. The minimum Gasteiger partial charge on any atom is -0.481 e. The van der Waals surface area contributed by atoms with Gasteiger partial charge in [-0.15, -0.1) is 0 Å². The first kappa shape index (κ1) is 10.0. The maximum atomic E-state index is 10.6. The Morgan fingerprint density at radius 3 is 2.54 bits per heavy atom. The van der Waals surface area contributed by atoms with Gasteiger partial charge in [0.2, 0.25) is 0 Å². The molecular weight excluding hydrogens is 168 g/mol. The molecule has 1 rings (SSSR count). The standard InChI is InChI=1S/C9H14N2O2/c1-7(6-10)11-4-2-8(3-5-11)9(12)13/h7-8H,2-5H2,1H3,(H,12,13). The molecule has 0 aliphatic carbocycles. The summed E-state index contributed by atoms with van der Waals surface area (Å²) in [5.74, 6) is -0.911. The first-order valence-electron chi connectivity index (χ1n) is 4.51. The number of rotatable bonds is 2. The van der Waals surface area contributed by atoms with Crippen LogP contribution in [0.1, 0.15) is 19.8 Å². The predicted octanol–water partition coefficient (Wildman–Crippen LogP) is 0.695. The summed E-state index contributed by atoms with van der Waals surface area (Å²) in [6.07, 6.45) is 1.34. The Hall–Kier alpha value is -1.08. The average Bonchev–Trinajstić information content (AvgIpc) is 2.17. The Morgan fingerprint density at radius 1 is 1.62 bits per heavy atom. The van der Waals surface area contributed by atoms with Gasteiger partial charge in [0.25, 0.3) is 0 Å². The first-order chi connectivity index (χ1) is 6.15. The van der Waals surface area contributed by atoms with Crippen LogP contribution >= 0.6 is 0 Å². The molecule has 1 atom stereocenters. The first-order valence-corrected chi connectivity index (χ1v) is 4.51.